The SMILES string of the molecule is NCc1c2c(nn1C13CC4CC(CC(C4)C1)C3)CNC2. The van der Waals surface area contributed by atoms with Crippen LogP contribution in [-0.2, 0) is 25.2 Å². The fourth-order valence-electron chi connectivity index (χ4n) is 6.11. The summed E-state index contributed by atoms with van der Waals surface area (Å²) in [6.07, 6.45) is 8.54. The van der Waals surface area contributed by atoms with Gasteiger partial charge in [0.25, 0.3) is 0 Å². The van der Waals surface area contributed by atoms with E-state index in [1.165, 1.54) is 55.5 Å². The summed E-state index contributed by atoms with van der Waals surface area (Å²) in [4.78, 5) is 0. The smallest absolute Gasteiger partial charge is 0.0811 e. The van der Waals surface area contributed by atoms with E-state index in [-0.39, 0.29) is 0 Å². The molecule has 0 amide bonds. The van der Waals surface area contributed by atoms with Gasteiger partial charge in [0.15, 0.2) is 0 Å². The van der Waals surface area contributed by atoms with E-state index in [1.54, 1.807) is 0 Å². The first-order chi connectivity index (χ1) is 9.77. The highest BCUT2D eigenvalue weighted by Crippen LogP contribution is 2.59. The second-order valence-electron chi connectivity index (χ2n) is 7.73. The lowest BCUT2D eigenvalue weighted by Crippen LogP contribution is -2.53. The third kappa shape index (κ3) is 1.41. The van der Waals surface area contributed by atoms with Crippen molar-refractivity contribution in [2.75, 3.05) is 0 Å². The highest BCUT2D eigenvalue weighted by Gasteiger charge is 2.53. The summed E-state index contributed by atoms with van der Waals surface area (Å²) in [5, 5.41) is 8.44. The molecule has 4 nitrogen and oxygen atoms in total. The maximum Gasteiger partial charge on any atom is 0.0811 e. The topological polar surface area (TPSA) is 55.9 Å². The number of hydrogen-bond acceptors (Lipinski definition) is 3. The van der Waals surface area contributed by atoms with Crippen LogP contribution in [0.1, 0.15) is 55.5 Å². The third-order valence-corrected chi connectivity index (χ3v) is 6.42. The van der Waals surface area contributed by atoms with Gasteiger partial charge in [-0.1, -0.05) is 0 Å². The van der Waals surface area contributed by atoms with Gasteiger partial charge in [0, 0.05) is 25.2 Å². The van der Waals surface area contributed by atoms with Crippen LogP contribution in [-0.4, -0.2) is 9.78 Å². The standard InChI is InChI=1S/C16H24N4/c17-7-15-13-8-18-9-14(13)19-20(15)16-4-10-1-11(5-16)3-12(2-10)6-16/h10-12,18H,1-9,17H2. The molecule has 0 radical (unpaired) electrons. The van der Waals surface area contributed by atoms with Crippen molar-refractivity contribution in [2.45, 2.75) is 63.7 Å². The average molecular weight is 272 g/mol. The zero-order valence-corrected chi connectivity index (χ0v) is 12.1. The van der Waals surface area contributed by atoms with E-state index >= 15 is 0 Å². The second-order valence-corrected chi connectivity index (χ2v) is 7.73. The van der Waals surface area contributed by atoms with E-state index < -0.39 is 0 Å². The predicted molar refractivity (Wildman–Crippen MR) is 76.8 cm³/mol. The van der Waals surface area contributed by atoms with Crippen LogP contribution in [0.15, 0.2) is 0 Å². The Hall–Kier alpha value is -0.870. The number of fused-ring (bicyclic) bond motifs is 1. The maximum absolute atomic E-state index is 6.10. The van der Waals surface area contributed by atoms with Gasteiger partial charge in [-0.25, -0.2) is 0 Å². The van der Waals surface area contributed by atoms with Crippen LogP contribution in [0.4, 0.5) is 0 Å². The number of hydrogen-bond donors (Lipinski definition) is 2. The number of nitrogens with one attached hydrogen (secondary N) is 1. The normalized spacial score (nSPS) is 41.4. The van der Waals surface area contributed by atoms with Crippen LogP contribution in [0.2, 0.25) is 0 Å². The van der Waals surface area contributed by atoms with E-state index in [9.17, 15) is 0 Å². The third-order valence-electron chi connectivity index (χ3n) is 6.42. The molecule has 0 saturated heterocycles. The highest BCUT2D eigenvalue weighted by atomic mass is 15.4. The molecule has 0 aromatic carbocycles. The minimum Gasteiger partial charge on any atom is -0.325 e. The van der Waals surface area contributed by atoms with Crippen LogP contribution in [0.25, 0.3) is 0 Å². The fourth-order valence-corrected chi connectivity index (χ4v) is 6.11. The summed E-state index contributed by atoms with van der Waals surface area (Å²) in [6.45, 7) is 2.54. The number of nitrogens with two attached hydrogens (primary N) is 1. The summed E-state index contributed by atoms with van der Waals surface area (Å²) in [5.74, 6) is 2.89. The summed E-state index contributed by atoms with van der Waals surface area (Å²) in [5.41, 5.74) is 10.4. The van der Waals surface area contributed by atoms with Gasteiger partial charge in [-0.15, -0.1) is 0 Å². The first-order valence-electron chi connectivity index (χ1n) is 8.28. The minimum atomic E-state index is 0.327. The van der Waals surface area contributed by atoms with E-state index in [2.05, 4.69) is 10.00 Å². The van der Waals surface area contributed by atoms with E-state index in [4.69, 9.17) is 10.8 Å². The Bertz CT molecular complexity index is 524. The lowest BCUT2D eigenvalue weighted by atomic mass is 9.53. The van der Waals surface area contributed by atoms with Crippen molar-refractivity contribution in [3.63, 3.8) is 0 Å². The molecule has 20 heavy (non-hydrogen) atoms. The Kier molecular flexibility index (Phi) is 2.27. The molecule has 2 heterocycles. The zero-order valence-electron chi connectivity index (χ0n) is 12.1. The summed E-state index contributed by atoms with van der Waals surface area (Å²) in [7, 11) is 0. The van der Waals surface area contributed by atoms with Crippen molar-refractivity contribution in [1.82, 2.24) is 15.1 Å². The summed E-state index contributed by atoms with van der Waals surface area (Å²) < 4.78 is 2.42. The molecule has 4 fully saturated rings. The zero-order chi connectivity index (χ0) is 13.3. The Balaban J connectivity index is 1.63. The molecule has 1 aromatic rings. The molecule has 1 aromatic heterocycles. The molecule has 0 atom stereocenters. The molecule has 4 saturated carbocycles. The van der Waals surface area contributed by atoms with Crippen molar-refractivity contribution < 1.29 is 0 Å². The monoisotopic (exact) mass is 272 g/mol. The van der Waals surface area contributed by atoms with Crippen molar-refractivity contribution in [2.24, 2.45) is 23.5 Å². The largest absolute Gasteiger partial charge is 0.325 e. The molecule has 1 aliphatic heterocycles. The number of rotatable bonds is 2. The van der Waals surface area contributed by atoms with Crippen molar-refractivity contribution in [3.8, 4) is 0 Å². The number of nitrogens with zero attached hydrogens (tertiary/aromatic N) is 2. The molecule has 0 spiro atoms. The number of aromatic nitrogens is 2. The van der Waals surface area contributed by atoms with Crippen LogP contribution in [0.3, 0.4) is 0 Å². The quantitative estimate of drug-likeness (QED) is 0.864. The van der Waals surface area contributed by atoms with Crippen LogP contribution in [0.5, 0.6) is 0 Å². The van der Waals surface area contributed by atoms with Gasteiger partial charge >= 0.3 is 0 Å². The van der Waals surface area contributed by atoms with Gasteiger partial charge in [0.1, 0.15) is 0 Å². The Morgan fingerprint density at radius 2 is 1.75 bits per heavy atom. The minimum absolute atomic E-state index is 0.327. The van der Waals surface area contributed by atoms with Crippen LogP contribution in [0, 0.1) is 17.8 Å². The van der Waals surface area contributed by atoms with Gasteiger partial charge in [-0.05, 0) is 56.3 Å². The molecule has 5 aliphatic rings. The molecular formula is C16H24N4. The lowest BCUT2D eigenvalue weighted by molar-refractivity contribution is -0.0510. The molecule has 108 valence electrons. The van der Waals surface area contributed by atoms with Gasteiger partial charge in [0.2, 0.25) is 0 Å². The van der Waals surface area contributed by atoms with E-state index in [1.807, 2.05) is 0 Å². The maximum atomic E-state index is 6.10. The van der Waals surface area contributed by atoms with Crippen molar-refractivity contribution >= 4 is 0 Å². The predicted octanol–water partition coefficient (Wildman–Crippen LogP) is 1.87. The first kappa shape index (κ1) is 11.8. The molecule has 4 heteroatoms. The van der Waals surface area contributed by atoms with Gasteiger partial charge in [0.05, 0.1) is 16.9 Å². The summed E-state index contributed by atoms with van der Waals surface area (Å²) >= 11 is 0. The molecule has 3 N–H and O–H groups in total. The van der Waals surface area contributed by atoms with Gasteiger partial charge < -0.3 is 11.1 Å². The summed E-state index contributed by atoms with van der Waals surface area (Å²) in [6, 6.07) is 0. The van der Waals surface area contributed by atoms with Crippen LogP contribution < -0.4 is 11.1 Å². The first-order valence-corrected chi connectivity index (χ1v) is 8.28. The molecular weight excluding hydrogens is 248 g/mol. The lowest BCUT2D eigenvalue weighted by Gasteiger charge is -2.57. The molecule has 0 unspecified atom stereocenters. The van der Waals surface area contributed by atoms with E-state index in [0.29, 0.717) is 12.1 Å². The highest BCUT2D eigenvalue weighted by molar-refractivity contribution is 5.31. The molecule has 4 bridgehead atoms. The Morgan fingerprint density at radius 1 is 1.10 bits per heavy atom. The van der Waals surface area contributed by atoms with E-state index in [0.717, 1.165) is 30.8 Å². The van der Waals surface area contributed by atoms with Gasteiger partial charge in [-0.3, -0.25) is 4.68 Å². The second kappa shape index (κ2) is 3.86. The molecule has 6 rings (SSSR count). The Labute approximate surface area is 120 Å². The Morgan fingerprint density at radius 3 is 2.35 bits per heavy atom. The van der Waals surface area contributed by atoms with Gasteiger partial charge in [-0.2, -0.15) is 5.10 Å². The van der Waals surface area contributed by atoms with Crippen molar-refractivity contribution in [1.29, 1.82) is 0 Å². The average Bonchev–Trinajstić information content (AvgIpc) is 2.96. The van der Waals surface area contributed by atoms with Crippen LogP contribution >= 0.6 is 0 Å². The molecule has 4 aliphatic carbocycles. The van der Waals surface area contributed by atoms with Crippen molar-refractivity contribution in [3.05, 3.63) is 17.0 Å². The fraction of sp³-hybridized carbons (Fsp3) is 0.812.